The molecule has 7 heteroatoms. The van der Waals surface area contributed by atoms with Gasteiger partial charge in [0.25, 0.3) is 5.91 Å². The van der Waals surface area contributed by atoms with Crippen molar-refractivity contribution in [2.24, 2.45) is 0 Å². The fraction of sp³-hybridized carbons (Fsp3) is 0.360. The Balaban J connectivity index is 1.43. The zero-order valence-electron chi connectivity index (χ0n) is 18.8. The first kappa shape index (κ1) is 20.6. The van der Waals surface area contributed by atoms with Crippen LogP contribution in [0.25, 0.3) is 11.1 Å². The zero-order chi connectivity index (χ0) is 22.4. The van der Waals surface area contributed by atoms with E-state index in [-0.39, 0.29) is 18.1 Å². The van der Waals surface area contributed by atoms with Gasteiger partial charge in [-0.15, -0.1) is 0 Å². The lowest BCUT2D eigenvalue weighted by atomic mass is 10.0. The molecule has 2 aliphatic heterocycles. The second kappa shape index (κ2) is 7.98. The average Bonchev–Trinajstić information content (AvgIpc) is 3.33. The maximum Gasteiger partial charge on any atom is 0.257 e. The molecule has 1 amide bonds. The van der Waals surface area contributed by atoms with Gasteiger partial charge < -0.3 is 18.9 Å². The third-order valence-corrected chi connectivity index (χ3v) is 6.59. The molecule has 0 N–H and O–H groups in total. The maximum atomic E-state index is 13.2. The molecule has 1 fully saturated rings. The van der Waals surface area contributed by atoms with Crippen LogP contribution in [0.3, 0.4) is 0 Å². The summed E-state index contributed by atoms with van der Waals surface area (Å²) in [6, 6.07) is 13.7. The Kier molecular flexibility index (Phi) is 5.13. The molecule has 3 aromatic rings. The number of rotatable bonds is 4. The molecule has 1 saturated heterocycles. The van der Waals surface area contributed by atoms with Crippen LogP contribution in [0.5, 0.6) is 11.5 Å². The summed E-state index contributed by atoms with van der Waals surface area (Å²) in [4.78, 5) is 17.4. The predicted molar refractivity (Wildman–Crippen MR) is 120 cm³/mol. The Labute approximate surface area is 187 Å². The smallest absolute Gasteiger partial charge is 0.257 e. The summed E-state index contributed by atoms with van der Waals surface area (Å²) >= 11 is 0. The largest absolute Gasteiger partial charge is 0.497 e. The van der Waals surface area contributed by atoms with Gasteiger partial charge in [0.05, 0.1) is 24.4 Å². The highest BCUT2D eigenvalue weighted by Gasteiger charge is 2.42. The highest BCUT2D eigenvalue weighted by atomic mass is 16.5. The molecule has 0 aliphatic carbocycles. The summed E-state index contributed by atoms with van der Waals surface area (Å²) in [7, 11) is 3.52. The molecule has 166 valence electrons. The summed E-state index contributed by atoms with van der Waals surface area (Å²) in [5.41, 5.74) is 4.63. The number of nitrogens with zero attached hydrogens (tertiary/aromatic N) is 3. The number of hydrogen-bond acceptors (Lipinski definition) is 6. The lowest BCUT2D eigenvalue weighted by molar-refractivity contribution is 0.0682. The third-order valence-electron chi connectivity index (χ3n) is 6.59. The normalized spacial score (nSPS) is 20.5. The van der Waals surface area contributed by atoms with E-state index in [1.54, 1.807) is 7.11 Å². The number of aromatic nitrogens is 1. The maximum absolute atomic E-state index is 13.2. The fourth-order valence-electron chi connectivity index (χ4n) is 4.68. The first-order valence-electron chi connectivity index (χ1n) is 10.8. The minimum Gasteiger partial charge on any atom is -0.497 e. The Hall–Kier alpha value is -3.32. The van der Waals surface area contributed by atoms with E-state index in [2.05, 4.69) is 10.1 Å². The van der Waals surface area contributed by atoms with Crippen LogP contribution in [0.15, 0.2) is 47.0 Å². The second-order valence-corrected chi connectivity index (χ2v) is 8.58. The minimum atomic E-state index is -0.105. The molecule has 5 rings (SSSR count). The number of likely N-dealkylation sites (N-methyl/N-ethyl adjacent to an activating group) is 1. The van der Waals surface area contributed by atoms with Crippen molar-refractivity contribution < 1.29 is 18.8 Å². The van der Waals surface area contributed by atoms with Gasteiger partial charge in [-0.2, -0.15) is 0 Å². The van der Waals surface area contributed by atoms with E-state index in [9.17, 15) is 4.79 Å². The monoisotopic (exact) mass is 433 g/mol. The molecule has 2 unspecified atom stereocenters. The molecule has 32 heavy (non-hydrogen) atoms. The topological polar surface area (TPSA) is 68.0 Å². The molecule has 2 aliphatic rings. The van der Waals surface area contributed by atoms with Gasteiger partial charge in [0, 0.05) is 32.2 Å². The number of ether oxygens (including phenoxy) is 2. The van der Waals surface area contributed by atoms with E-state index >= 15 is 0 Å². The van der Waals surface area contributed by atoms with Crippen LogP contribution in [-0.4, -0.2) is 60.3 Å². The van der Waals surface area contributed by atoms with Crippen molar-refractivity contribution in [2.45, 2.75) is 32.5 Å². The number of amides is 1. The molecule has 3 heterocycles. The number of aryl methyl sites for hydroxylation is 2. The number of fused-ring (bicyclic) bond motifs is 2. The van der Waals surface area contributed by atoms with Gasteiger partial charge in [0.1, 0.15) is 23.4 Å². The summed E-state index contributed by atoms with van der Waals surface area (Å²) in [6.45, 7) is 6.10. The van der Waals surface area contributed by atoms with Crippen LogP contribution >= 0.6 is 0 Å². The number of methoxy groups -OCH3 is 1. The highest BCUT2D eigenvalue weighted by Crippen LogP contribution is 2.35. The van der Waals surface area contributed by atoms with Crippen molar-refractivity contribution in [1.82, 2.24) is 15.0 Å². The van der Waals surface area contributed by atoms with Gasteiger partial charge >= 0.3 is 0 Å². The molecular weight excluding hydrogens is 406 g/mol. The van der Waals surface area contributed by atoms with Gasteiger partial charge in [-0.3, -0.25) is 9.69 Å². The molecular formula is C25H27N3O4. The fourth-order valence-corrected chi connectivity index (χ4v) is 4.68. The molecule has 0 bridgehead atoms. The van der Waals surface area contributed by atoms with E-state index in [1.165, 1.54) is 0 Å². The van der Waals surface area contributed by atoms with Crippen LogP contribution in [-0.2, 0) is 6.54 Å². The Bertz CT molecular complexity index is 1150. The van der Waals surface area contributed by atoms with Crippen LogP contribution in [0.4, 0.5) is 0 Å². The SMILES string of the molecule is COc1cccc(-c2ccc3c(c2)OC2CN(Cc4c(C)noc4C)CC2N(C)C3=O)c1. The highest BCUT2D eigenvalue weighted by molar-refractivity contribution is 5.98. The molecule has 1 aromatic heterocycles. The second-order valence-electron chi connectivity index (χ2n) is 8.58. The van der Waals surface area contributed by atoms with Crippen molar-refractivity contribution >= 4 is 5.91 Å². The summed E-state index contributed by atoms with van der Waals surface area (Å²) in [5, 5.41) is 4.07. The number of benzene rings is 2. The quantitative estimate of drug-likeness (QED) is 0.625. The molecule has 2 atom stereocenters. The van der Waals surface area contributed by atoms with Crippen LogP contribution in [0.2, 0.25) is 0 Å². The van der Waals surface area contributed by atoms with Gasteiger partial charge in [-0.1, -0.05) is 23.4 Å². The third kappa shape index (κ3) is 3.52. The Morgan fingerprint density at radius 1 is 1.12 bits per heavy atom. The van der Waals surface area contributed by atoms with Crippen molar-refractivity contribution in [2.75, 3.05) is 27.2 Å². The number of carbonyl (C=O) groups is 1. The standard InChI is InChI=1S/C25H27N3O4/c1-15-21(16(2)32-26-15)12-28-13-22-24(14-28)31-23-11-18(8-9-20(23)25(29)27(22)3)17-6-5-7-19(10-17)30-4/h5-11,22,24H,12-14H2,1-4H3. The molecule has 2 aromatic carbocycles. The van der Waals surface area contributed by atoms with Gasteiger partial charge in [-0.05, 0) is 49.2 Å². The Morgan fingerprint density at radius 3 is 2.69 bits per heavy atom. The van der Waals surface area contributed by atoms with E-state index in [0.717, 1.165) is 53.5 Å². The predicted octanol–water partition coefficient (Wildman–Crippen LogP) is 3.68. The number of hydrogen-bond donors (Lipinski definition) is 0. The number of likely N-dealkylation sites (tertiary alicyclic amines) is 1. The van der Waals surface area contributed by atoms with Crippen molar-refractivity contribution in [3.05, 3.63) is 65.0 Å². The van der Waals surface area contributed by atoms with E-state index < -0.39 is 0 Å². The van der Waals surface area contributed by atoms with Crippen molar-refractivity contribution in [3.8, 4) is 22.6 Å². The minimum absolute atomic E-state index is 0.0103. The lowest BCUT2D eigenvalue weighted by Crippen LogP contribution is -2.44. The van der Waals surface area contributed by atoms with Gasteiger partial charge in [0.15, 0.2) is 0 Å². The lowest BCUT2D eigenvalue weighted by Gasteiger charge is -2.25. The first-order chi connectivity index (χ1) is 15.4. The first-order valence-corrected chi connectivity index (χ1v) is 10.8. The molecule has 0 saturated carbocycles. The number of carbonyl (C=O) groups excluding carboxylic acids is 1. The van der Waals surface area contributed by atoms with Crippen LogP contribution in [0, 0.1) is 13.8 Å². The van der Waals surface area contributed by atoms with E-state index in [0.29, 0.717) is 11.3 Å². The molecule has 0 radical (unpaired) electrons. The van der Waals surface area contributed by atoms with Gasteiger partial charge in [-0.25, -0.2) is 0 Å². The Morgan fingerprint density at radius 2 is 1.94 bits per heavy atom. The zero-order valence-corrected chi connectivity index (χ0v) is 18.8. The summed E-state index contributed by atoms with van der Waals surface area (Å²) in [6.07, 6.45) is -0.105. The molecule has 0 spiro atoms. The molecule has 7 nitrogen and oxygen atoms in total. The van der Waals surface area contributed by atoms with Crippen molar-refractivity contribution in [1.29, 1.82) is 0 Å². The van der Waals surface area contributed by atoms with E-state index in [4.69, 9.17) is 14.0 Å². The van der Waals surface area contributed by atoms with Crippen LogP contribution in [0.1, 0.15) is 27.4 Å². The van der Waals surface area contributed by atoms with Crippen molar-refractivity contribution in [3.63, 3.8) is 0 Å². The van der Waals surface area contributed by atoms with Gasteiger partial charge in [0.2, 0.25) is 0 Å². The average molecular weight is 434 g/mol. The van der Waals surface area contributed by atoms with E-state index in [1.807, 2.05) is 68.3 Å². The van der Waals surface area contributed by atoms with Crippen LogP contribution < -0.4 is 9.47 Å². The summed E-state index contributed by atoms with van der Waals surface area (Å²) < 4.78 is 17.2. The summed E-state index contributed by atoms with van der Waals surface area (Å²) in [5.74, 6) is 2.26.